The Morgan fingerprint density at radius 1 is 1.05 bits per heavy atom. The number of aryl methyl sites for hydroxylation is 2. The minimum atomic E-state index is -1.10. The predicted octanol–water partition coefficient (Wildman–Crippen LogP) is 7.49. The van der Waals surface area contributed by atoms with Gasteiger partial charge < -0.3 is 14.7 Å². The minimum Gasteiger partial charge on any atom is -0.479 e. The van der Waals surface area contributed by atoms with Crippen LogP contribution in [0.1, 0.15) is 87.1 Å². The fourth-order valence-electron chi connectivity index (χ4n) is 6.34. The van der Waals surface area contributed by atoms with Crippen molar-refractivity contribution >= 4 is 11.7 Å². The molecule has 1 N–H and O–H groups in total. The van der Waals surface area contributed by atoms with E-state index in [1.165, 1.54) is 22.3 Å². The van der Waals surface area contributed by atoms with E-state index in [9.17, 15) is 9.90 Å². The highest BCUT2D eigenvalue weighted by Gasteiger charge is 2.36. The van der Waals surface area contributed by atoms with E-state index in [4.69, 9.17) is 9.72 Å². The number of fused-ring (bicyclic) bond motifs is 1. The van der Waals surface area contributed by atoms with E-state index in [0.717, 1.165) is 68.8 Å². The van der Waals surface area contributed by atoms with Crippen LogP contribution in [0, 0.1) is 19.3 Å². The van der Waals surface area contributed by atoms with Gasteiger partial charge in [-0.25, -0.2) is 4.79 Å². The molecule has 3 aromatic rings. The van der Waals surface area contributed by atoms with Crippen LogP contribution in [0.15, 0.2) is 48.7 Å². The number of anilines is 1. The molecule has 3 heterocycles. The second kappa shape index (κ2) is 11.8. The third kappa shape index (κ3) is 6.71. The van der Waals surface area contributed by atoms with Gasteiger partial charge in [0.05, 0.1) is 11.3 Å². The van der Waals surface area contributed by atoms with Crippen molar-refractivity contribution in [1.82, 2.24) is 9.88 Å². The van der Waals surface area contributed by atoms with Crippen molar-refractivity contribution in [2.75, 3.05) is 24.5 Å². The summed E-state index contributed by atoms with van der Waals surface area (Å²) in [4.78, 5) is 22.4. The van der Waals surface area contributed by atoms with Gasteiger partial charge in [0.1, 0.15) is 0 Å². The maximum Gasteiger partial charge on any atom is 0.337 e. The van der Waals surface area contributed by atoms with E-state index in [1.54, 1.807) is 0 Å². The molecule has 6 nitrogen and oxygen atoms in total. The molecule has 0 bridgehead atoms. The smallest absolute Gasteiger partial charge is 0.337 e. The van der Waals surface area contributed by atoms with Crippen LogP contribution in [0.3, 0.4) is 0 Å². The summed E-state index contributed by atoms with van der Waals surface area (Å²) in [5.74, 6) is -0.982. The summed E-state index contributed by atoms with van der Waals surface area (Å²) in [7, 11) is 0. The summed E-state index contributed by atoms with van der Waals surface area (Å²) in [6.07, 6.45) is 3.92. The fourth-order valence-corrected chi connectivity index (χ4v) is 6.34. The van der Waals surface area contributed by atoms with Crippen molar-refractivity contribution < 1.29 is 14.6 Å². The summed E-state index contributed by atoms with van der Waals surface area (Å²) in [6, 6.07) is 15.4. The zero-order valence-electron chi connectivity index (χ0n) is 26.5. The largest absolute Gasteiger partial charge is 0.479 e. The van der Waals surface area contributed by atoms with Crippen molar-refractivity contribution in [2.45, 2.75) is 92.5 Å². The van der Waals surface area contributed by atoms with Crippen LogP contribution in [0.4, 0.5) is 5.69 Å². The van der Waals surface area contributed by atoms with Gasteiger partial charge >= 0.3 is 5.97 Å². The SMILES string of the molecule is Cc1ccccc1CN1CCc2cc(-c3cnc(C)c([C@H](OC(C)(C)C)C(=O)O)c3N3CCC(C)(C)CC3)ccc2C1. The normalized spacial score (nSPS) is 18.0. The van der Waals surface area contributed by atoms with Crippen LogP contribution < -0.4 is 4.90 Å². The monoisotopic (exact) mass is 569 g/mol. The van der Waals surface area contributed by atoms with E-state index in [2.05, 4.69) is 73.0 Å². The summed E-state index contributed by atoms with van der Waals surface area (Å²) >= 11 is 0. The average Bonchev–Trinajstić information content (AvgIpc) is 2.92. The summed E-state index contributed by atoms with van der Waals surface area (Å²) in [6.45, 7) is 19.1. The number of hydrogen-bond donors (Lipinski definition) is 1. The lowest BCUT2D eigenvalue weighted by atomic mass is 9.82. The number of aliphatic carboxylic acids is 1. The molecule has 6 heteroatoms. The first-order valence-corrected chi connectivity index (χ1v) is 15.4. The molecular weight excluding hydrogens is 522 g/mol. The van der Waals surface area contributed by atoms with Crippen molar-refractivity contribution in [2.24, 2.45) is 5.41 Å². The number of rotatable bonds is 7. The highest BCUT2D eigenvalue weighted by Crippen LogP contribution is 2.44. The number of carbonyl (C=O) groups is 1. The molecule has 2 aromatic carbocycles. The van der Waals surface area contributed by atoms with Gasteiger partial charge in [-0.05, 0) is 87.1 Å². The number of ether oxygens (including phenoxy) is 1. The highest BCUT2D eigenvalue weighted by molar-refractivity contribution is 5.86. The van der Waals surface area contributed by atoms with Gasteiger partial charge in [0.15, 0.2) is 6.10 Å². The Kier molecular flexibility index (Phi) is 8.51. The van der Waals surface area contributed by atoms with Crippen LogP contribution in [-0.2, 0) is 29.0 Å². The molecule has 0 unspecified atom stereocenters. The Morgan fingerprint density at radius 3 is 2.43 bits per heavy atom. The predicted molar refractivity (Wildman–Crippen MR) is 170 cm³/mol. The topological polar surface area (TPSA) is 65.9 Å². The van der Waals surface area contributed by atoms with Crippen molar-refractivity contribution in [1.29, 1.82) is 0 Å². The number of carboxylic acid groups (broad SMARTS) is 1. The van der Waals surface area contributed by atoms with E-state index in [0.29, 0.717) is 11.3 Å². The molecule has 42 heavy (non-hydrogen) atoms. The standard InChI is InChI=1S/C36H47N3O3/c1-24-10-8-9-11-28(24)22-38-17-14-26-20-27(12-13-29(26)23-38)30-21-37-25(2)31(33(34(40)41)42-35(3,4)5)32(30)39-18-15-36(6,7)16-19-39/h8-13,20-21,33H,14-19,22-23H2,1-7H3,(H,40,41)/t33-/m0/s1. The Bertz CT molecular complexity index is 1450. The third-order valence-corrected chi connectivity index (χ3v) is 8.94. The van der Waals surface area contributed by atoms with Gasteiger partial charge in [-0.3, -0.25) is 9.88 Å². The first kappa shape index (κ1) is 30.2. The second-order valence-electron chi connectivity index (χ2n) is 14.0. The summed E-state index contributed by atoms with van der Waals surface area (Å²) < 4.78 is 6.22. The number of aromatic nitrogens is 1. The zero-order chi connectivity index (χ0) is 30.2. The van der Waals surface area contributed by atoms with Gasteiger partial charge in [-0.1, -0.05) is 56.3 Å². The minimum absolute atomic E-state index is 0.267. The van der Waals surface area contributed by atoms with Crippen molar-refractivity contribution in [3.05, 3.63) is 82.2 Å². The molecule has 5 rings (SSSR count). The van der Waals surface area contributed by atoms with Crippen LogP contribution in [0.25, 0.3) is 11.1 Å². The lowest BCUT2D eigenvalue weighted by Gasteiger charge is -2.41. The fraction of sp³-hybridized carbons (Fsp3) is 0.500. The molecule has 0 amide bonds. The molecule has 224 valence electrons. The quantitative estimate of drug-likeness (QED) is 0.318. The van der Waals surface area contributed by atoms with Crippen LogP contribution in [-0.4, -0.2) is 46.2 Å². The lowest BCUT2D eigenvalue weighted by molar-refractivity contribution is -0.160. The molecule has 1 atom stereocenters. The Balaban J connectivity index is 1.54. The van der Waals surface area contributed by atoms with Crippen LogP contribution >= 0.6 is 0 Å². The van der Waals surface area contributed by atoms with Gasteiger partial charge in [0.25, 0.3) is 0 Å². The zero-order valence-corrected chi connectivity index (χ0v) is 26.5. The molecule has 1 saturated heterocycles. The molecular formula is C36H47N3O3. The average molecular weight is 570 g/mol. The lowest BCUT2D eigenvalue weighted by Crippen LogP contribution is -2.39. The summed E-state index contributed by atoms with van der Waals surface area (Å²) in [5, 5.41) is 10.4. The van der Waals surface area contributed by atoms with E-state index in [1.807, 2.05) is 33.9 Å². The highest BCUT2D eigenvalue weighted by atomic mass is 16.5. The molecule has 2 aliphatic heterocycles. The van der Waals surface area contributed by atoms with Gasteiger partial charge in [-0.2, -0.15) is 0 Å². The van der Waals surface area contributed by atoms with Gasteiger partial charge in [0.2, 0.25) is 0 Å². The number of nitrogens with zero attached hydrogens (tertiary/aromatic N) is 3. The van der Waals surface area contributed by atoms with Crippen molar-refractivity contribution in [3.63, 3.8) is 0 Å². The maximum atomic E-state index is 12.7. The molecule has 1 fully saturated rings. The molecule has 0 spiro atoms. The van der Waals surface area contributed by atoms with Gasteiger partial charge in [0, 0.05) is 55.7 Å². The Morgan fingerprint density at radius 2 is 1.76 bits per heavy atom. The summed E-state index contributed by atoms with van der Waals surface area (Å²) in [5.41, 5.74) is 9.52. The molecule has 0 radical (unpaired) electrons. The second-order valence-corrected chi connectivity index (χ2v) is 14.0. The van der Waals surface area contributed by atoms with E-state index in [-0.39, 0.29) is 5.41 Å². The Hall–Kier alpha value is -3.22. The number of hydrogen-bond acceptors (Lipinski definition) is 5. The molecule has 0 saturated carbocycles. The van der Waals surface area contributed by atoms with Crippen LogP contribution in [0.2, 0.25) is 0 Å². The number of carboxylic acids is 1. The van der Waals surface area contributed by atoms with Gasteiger partial charge in [-0.15, -0.1) is 0 Å². The molecule has 1 aromatic heterocycles. The molecule has 0 aliphatic carbocycles. The van der Waals surface area contributed by atoms with Crippen LogP contribution in [0.5, 0.6) is 0 Å². The maximum absolute atomic E-state index is 12.7. The van der Waals surface area contributed by atoms with Crippen molar-refractivity contribution in [3.8, 4) is 11.1 Å². The molecule has 2 aliphatic rings. The Labute approximate surface area is 251 Å². The number of pyridine rings is 1. The van der Waals surface area contributed by atoms with E-state index >= 15 is 0 Å². The first-order valence-electron chi connectivity index (χ1n) is 15.4. The number of piperidine rings is 1. The van der Waals surface area contributed by atoms with E-state index < -0.39 is 17.7 Å². The number of benzene rings is 2. The third-order valence-electron chi connectivity index (χ3n) is 8.94. The first-order chi connectivity index (χ1) is 19.8.